The number of hydrogen-bond donors (Lipinski definition) is 1. The zero-order valence-electron chi connectivity index (χ0n) is 15.0. The molecule has 1 amide bonds. The molecule has 0 aliphatic heterocycles. The van der Waals surface area contributed by atoms with E-state index in [9.17, 15) is 9.59 Å². The standard InChI is InChI=1S/C20H21N3O3/c1-4-16(19(25)26-3)23-17-8-6-5-7-15(17)21-20(23)22-18(24)14-11-9-13(2)10-12-14/h5-12,16H,4H2,1-3H3,(H,21,22,24). The largest absolute Gasteiger partial charge is 0.467 e. The smallest absolute Gasteiger partial charge is 0.328 e. The molecule has 0 aliphatic rings. The summed E-state index contributed by atoms with van der Waals surface area (Å²) in [5.41, 5.74) is 3.07. The molecule has 0 saturated carbocycles. The van der Waals surface area contributed by atoms with E-state index in [1.165, 1.54) is 7.11 Å². The minimum Gasteiger partial charge on any atom is -0.467 e. The number of nitrogens with zero attached hydrogens (tertiary/aromatic N) is 2. The number of rotatable bonds is 5. The number of aryl methyl sites for hydroxylation is 1. The Morgan fingerprint density at radius 3 is 2.50 bits per heavy atom. The quantitative estimate of drug-likeness (QED) is 0.711. The summed E-state index contributed by atoms with van der Waals surface area (Å²) >= 11 is 0. The first-order chi connectivity index (χ1) is 12.5. The molecule has 6 heteroatoms. The summed E-state index contributed by atoms with van der Waals surface area (Å²) in [5.74, 6) is -0.322. The van der Waals surface area contributed by atoms with Gasteiger partial charge in [-0.05, 0) is 37.6 Å². The Bertz CT molecular complexity index is 945. The molecule has 0 saturated heterocycles. The third kappa shape index (κ3) is 3.31. The highest BCUT2D eigenvalue weighted by atomic mass is 16.5. The van der Waals surface area contributed by atoms with Crippen LogP contribution in [0.2, 0.25) is 0 Å². The Kier molecular flexibility index (Phi) is 5.02. The molecule has 1 aromatic heterocycles. The van der Waals surface area contributed by atoms with E-state index >= 15 is 0 Å². The van der Waals surface area contributed by atoms with Gasteiger partial charge in [-0.2, -0.15) is 0 Å². The number of ether oxygens (including phenoxy) is 1. The van der Waals surface area contributed by atoms with Gasteiger partial charge in [-0.25, -0.2) is 9.78 Å². The Labute approximate surface area is 151 Å². The van der Waals surface area contributed by atoms with Crippen molar-refractivity contribution in [3.63, 3.8) is 0 Å². The molecular weight excluding hydrogens is 330 g/mol. The van der Waals surface area contributed by atoms with E-state index in [0.29, 0.717) is 23.4 Å². The second kappa shape index (κ2) is 7.39. The third-order valence-corrected chi connectivity index (χ3v) is 4.31. The average molecular weight is 351 g/mol. The average Bonchev–Trinajstić information content (AvgIpc) is 3.00. The first-order valence-electron chi connectivity index (χ1n) is 8.48. The Hall–Kier alpha value is -3.15. The monoisotopic (exact) mass is 351 g/mol. The van der Waals surface area contributed by atoms with Crippen molar-refractivity contribution in [2.45, 2.75) is 26.3 Å². The fourth-order valence-electron chi connectivity index (χ4n) is 2.92. The summed E-state index contributed by atoms with van der Waals surface area (Å²) in [5, 5.41) is 2.83. The summed E-state index contributed by atoms with van der Waals surface area (Å²) < 4.78 is 6.66. The number of nitrogens with one attached hydrogen (secondary N) is 1. The molecule has 134 valence electrons. The molecule has 3 aromatic rings. The van der Waals surface area contributed by atoms with Gasteiger partial charge in [0.15, 0.2) is 0 Å². The summed E-state index contributed by atoms with van der Waals surface area (Å²) in [6.07, 6.45) is 0.514. The van der Waals surface area contributed by atoms with E-state index in [-0.39, 0.29) is 11.9 Å². The molecule has 1 N–H and O–H groups in total. The number of methoxy groups -OCH3 is 1. The topological polar surface area (TPSA) is 73.2 Å². The highest BCUT2D eigenvalue weighted by molar-refractivity contribution is 6.04. The number of esters is 1. The van der Waals surface area contributed by atoms with Gasteiger partial charge in [0.2, 0.25) is 5.95 Å². The minimum absolute atomic E-state index is 0.277. The van der Waals surface area contributed by atoms with Crippen LogP contribution in [0.1, 0.15) is 35.3 Å². The lowest BCUT2D eigenvalue weighted by atomic mass is 10.1. The van der Waals surface area contributed by atoms with Gasteiger partial charge in [-0.15, -0.1) is 0 Å². The van der Waals surface area contributed by atoms with E-state index < -0.39 is 6.04 Å². The summed E-state index contributed by atoms with van der Waals surface area (Å²) in [6, 6.07) is 14.2. The molecule has 1 heterocycles. The fraction of sp³-hybridized carbons (Fsp3) is 0.250. The molecule has 0 bridgehead atoms. The second-order valence-corrected chi connectivity index (χ2v) is 6.06. The van der Waals surface area contributed by atoms with Crippen LogP contribution in [0, 0.1) is 6.92 Å². The molecule has 1 unspecified atom stereocenters. The molecule has 0 spiro atoms. The molecule has 2 aromatic carbocycles. The normalized spacial score (nSPS) is 12.0. The number of carbonyl (C=O) groups excluding carboxylic acids is 2. The Balaban J connectivity index is 2.04. The maximum Gasteiger partial charge on any atom is 0.328 e. The van der Waals surface area contributed by atoms with Gasteiger partial charge in [0, 0.05) is 5.56 Å². The fourth-order valence-corrected chi connectivity index (χ4v) is 2.92. The van der Waals surface area contributed by atoms with Crippen LogP contribution in [-0.2, 0) is 9.53 Å². The number of benzene rings is 2. The molecule has 6 nitrogen and oxygen atoms in total. The van der Waals surface area contributed by atoms with Crippen LogP contribution < -0.4 is 5.32 Å². The highest BCUT2D eigenvalue weighted by Crippen LogP contribution is 2.27. The van der Waals surface area contributed by atoms with Crippen LogP contribution in [0.15, 0.2) is 48.5 Å². The second-order valence-electron chi connectivity index (χ2n) is 6.06. The third-order valence-electron chi connectivity index (χ3n) is 4.31. The first-order valence-corrected chi connectivity index (χ1v) is 8.48. The predicted molar refractivity (Wildman–Crippen MR) is 100 cm³/mol. The lowest BCUT2D eigenvalue weighted by Gasteiger charge is -2.18. The van der Waals surface area contributed by atoms with Gasteiger partial charge in [0.05, 0.1) is 18.1 Å². The summed E-state index contributed by atoms with van der Waals surface area (Å²) in [7, 11) is 1.36. The maximum absolute atomic E-state index is 12.6. The predicted octanol–water partition coefficient (Wildman–Crippen LogP) is 3.72. The zero-order valence-corrected chi connectivity index (χ0v) is 15.0. The number of carbonyl (C=O) groups is 2. The lowest BCUT2D eigenvalue weighted by Crippen LogP contribution is -2.24. The van der Waals surface area contributed by atoms with Gasteiger partial charge in [-0.3, -0.25) is 14.7 Å². The van der Waals surface area contributed by atoms with Crippen LogP contribution in [0.5, 0.6) is 0 Å². The summed E-state index contributed by atoms with van der Waals surface area (Å²) in [6.45, 7) is 3.85. The Morgan fingerprint density at radius 2 is 1.85 bits per heavy atom. The molecule has 3 rings (SSSR count). The van der Waals surface area contributed by atoms with Crippen LogP contribution >= 0.6 is 0 Å². The summed E-state index contributed by atoms with van der Waals surface area (Å²) in [4.78, 5) is 29.4. The van der Waals surface area contributed by atoms with Crippen molar-refractivity contribution < 1.29 is 14.3 Å². The molecule has 0 radical (unpaired) electrons. The molecule has 1 atom stereocenters. The Morgan fingerprint density at radius 1 is 1.15 bits per heavy atom. The van der Waals surface area contributed by atoms with Crippen molar-refractivity contribution in [2.75, 3.05) is 12.4 Å². The van der Waals surface area contributed by atoms with Crippen LogP contribution in [0.3, 0.4) is 0 Å². The number of imidazole rings is 1. The number of aromatic nitrogens is 2. The first kappa shape index (κ1) is 17.7. The van der Waals surface area contributed by atoms with E-state index in [0.717, 1.165) is 11.1 Å². The van der Waals surface area contributed by atoms with E-state index in [1.807, 2.05) is 50.2 Å². The number of amides is 1. The minimum atomic E-state index is -0.569. The van der Waals surface area contributed by atoms with Crippen LogP contribution in [0.4, 0.5) is 5.95 Å². The number of hydrogen-bond acceptors (Lipinski definition) is 4. The lowest BCUT2D eigenvalue weighted by molar-refractivity contribution is -0.144. The van der Waals surface area contributed by atoms with Crippen molar-refractivity contribution in [1.82, 2.24) is 9.55 Å². The zero-order chi connectivity index (χ0) is 18.7. The van der Waals surface area contributed by atoms with Gasteiger partial charge >= 0.3 is 5.97 Å². The van der Waals surface area contributed by atoms with Crippen molar-refractivity contribution in [3.8, 4) is 0 Å². The maximum atomic E-state index is 12.6. The highest BCUT2D eigenvalue weighted by Gasteiger charge is 2.25. The van der Waals surface area contributed by atoms with Crippen molar-refractivity contribution in [3.05, 3.63) is 59.7 Å². The molecule has 0 fully saturated rings. The molecular formula is C20H21N3O3. The number of para-hydroxylation sites is 2. The van der Waals surface area contributed by atoms with E-state index in [2.05, 4.69) is 10.3 Å². The van der Waals surface area contributed by atoms with Gasteiger partial charge in [0.1, 0.15) is 6.04 Å². The van der Waals surface area contributed by atoms with E-state index in [1.54, 1.807) is 16.7 Å². The SMILES string of the molecule is CCC(C(=O)OC)n1c(NC(=O)c2ccc(C)cc2)nc2ccccc21. The molecule has 26 heavy (non-hydrogen) atoms. The van der Waals surface area contributed by atoms with Crippen molar-refractivity contribution in [2.24, 2.45) is 0 Å². The number of fused-ring (bicyclic) bond motifs is 1. The van der Waals surface area contributed by atoms with E-state index in [4.69, 9.17) is 4.74 Å². The van der Waals surface area contributed by atoms with Crippen molar-refractivity contribution >= 4 is 28.9 Å². The van der Waals surface area contributed by atoms with Crippen LogP contribution in [0.25, 0.3) is 11.0 Å². The van der Waals surface area contributed by atoms with Gasteiger partial charge in [0.25, 0.3) is 5.91 Å². The van der Waals surface area contributed by atoms with Crippen LogP contribution in [-0.4, -0.2) is 28.5 Å². The van der Waals surface area contributed by atoms with Crippen molar-refractivity contribution in [1.29, 1.82) is 0 Å². The van der Waals surface area contributed by atoms with Gasteiger partial charge < -0.3 is 4.74 Å². The van der Waals surface area contributed by atoms with Gasteiger partial charge in [-0.1, -0.05) is 36.8 Å². The number of anilines is 1. The molecule has 0 aliphatic carbocycles.